The third-order valence-electron chi connectivity index (χ3n) is 6.20. The normalized spacial score (nSPS) is 14.0. The topological polar surface area (TPSA) is 116 Å². The van der Waals surface area contributed by atoms with E-state index in [0.29, 0.717) is 12.2 Å². The quantitative estimate of drug-likeness (QED) is 0.247. The summed E-state index contributed by atoms with van der Waals surface area (Å²) in [5.74, 6) is -0.615. The van der Waals surface area contributed by atoms with Crippen LogP contribution in [0, 0.1) is 6.92 Å². The van der Waals surface area contributed by atoms with Crippen LogP contribution in [0.25, 0.3) is 11.1 Å². The molecule has 7 nitrogen and oxygen atoms in total. The lowest BCUT2D eigenvalue weighted by molar-refractivity contribution is -0.110. The third-order valence-corrected chi connectivity index (χ3v) is 6.73. The molecule has 1 fully saturated rings. The van der Waals surface area contributed by atoms with Crippen LogP contribution in [0.3, 0.4) is 0 Å². The molecule has 1 aliphatic rings. The zero-order chi connectivity index (χ0) is 26.1. The van der Waals surface area contributed by atoms with Crippen molar-refractivity contribution < 1.29 is 19.8 Å². The summed E-state index contributed by atoms with van der Waals surface area (Å²) in [5, 5.41) is 26.9. The molecule has 36 heavy (non-hydrogen) atoms. The van der Waals surface area contributed by atoms with Crippen LogP contribution in [-0.4, -0.2) is 40.6 Å². The van der Waals surface area contributed by atoms with Gasteiger partial charge in [0.25, 0.3) is 0 Å². The smallest absolute Gasteiger partial charge is 0.335 e. The highest BCUT2D eigenvalue weighted by atomic mass is 32.2. The molecule has 0 radical (unpaired) electrons. The van der Waals surface area contributed by atoms with Crippen molar-refractivity contribution >= 4 is 24.3 Å². The second kappa shape index (κ2) is 13.1. The molecule has 0 aliphatic carbocycles. The maximum absolute atomic E-state index is 10.5. The number of hydrogen-bond donors (Lipinski definition) is 4. The average Bonchev–Trinajstić information content (AvgIpc) is 3.37. The lowest BCUT2D eigenvalue weighted by atomic mass is 9.98. The van der Waals surface area contributed by atoms with E-state index in [1.165, 1.54) is 48.0 Å². The van der Waals surface area contributed by atoms with E-state index in [0.717, 1.165) is 41.2 Å². The van der Waals surface area contributed by atoms with E-state index < -0.39 is 5.97 Å². The van der Waals surface area contributed by atoms with Crippen LogP contribution in [0.1, 0.15) is 52.9 Å². The van der Waals surface area contributed by atoms with Gasteiger partial charge in [-0.25, -0.2) is 4.79 Å². The van der Waals surface area contributed by atoms with Crippen molar-refractivity contribution in [1.29, 1.82) is 0 Å². The van der Waals surface area contributed by atoms with Gasteiger partial charge in [-0.1, -0.05) is 18.2 Å². The highest BCUT2D eigenvalue weighted by Gasteiger charge is 2.13. The number of nitrogens with zero attached hydrogens (tertiary/aromatic N) is 1. The first kappa shape index (κ1) is 27.3. The fourth-order valence-corrected chi connectivity index (χ4v) is 4.66. The summed E-state index contributed by atoms with van der Waals surface area (Å²) in [4.78, 5) is 24.2. The molecule has 0 spiro atoms. The number of phenols is 1. The summed E-state index contributed by atoms with van der Waals surface area (Å²) in [6.45, 7) is 7.14. The van der Waals surface area contributed by atoms with E-state index in [2.05, 4.69) is 35.3 Å². The summed E-state index contributed by atoms with van der Waals surface area (Å²) >= 11 is 1.26. The summed E-state index contributed by atoms with van der Waals surface area (Å²) in [6.07, 6.45) is 3.18. The molecule has 1 aliphatic heterocycles. The van der Waals surface area contributed by atoms with Gasteiger partial charge in [-0.2, -0.15) is 0 Å². The van der Waals surface area contributed by atoms with Gasteiger partial charge in [0, 0.05) is 11.4 Å². The minimum absolute atomic E-state index is 0.102. The first-order chi connectivity index (χ1) is 17.3. The van der Waals surface area contributed by atoms with Gasteiger partial charge in [0.2, 0.25) is 6.41 Å². The number of benzene rings is 3. The van der Waals surface area contributed by atoms with Crippen LogP contribution < -0.4 is 10.5 Å². The number of likely N-dealkylation sites (tertiary alicyclic amines) is 1. The molecule has 0 saturated carbocycles. The monoisotopic (exact) mass is 507 g/mol. The molecule has 1 unspecified atom stereocenters. The zero-order valence-electron chi connectivity index (χ0n) is 20.6. The van der Waals surface area contributed by atoms with Crippen molar-refractivity contribution in [1.82, 2.24) is 10.2 Å². The molecule has 1 heterocycles. The number of hydrogen-bond acceptors (Lipinski definition) is 6. The Morgan fingerprint density at radius 1 is 1.11 bits per heavy atom. The van der Waals surface area contributed by atoms with E-state index >= 15 is 0 Å². The molecule has 5 N–H and O–H groups in total. The second-order valence-electron chi connectivity index (χ2n) is 8.90. The molecular weight excluding hydrogens is 474 g/mol. The summed E-state index contributed by atoms with van der Waals surface area (Å²) in [7, 11) is 0. The maximum atomic E-state index is 10.5. The number of aromatic hydroxyl groups is 1. The number of amides is 1. The highest BCUT2D eigenvalue weighted by molar-refractivity contribution is 7.97. The van der Waals surface area contributed by atoms with Crippen molar-refractivity contribution in [3.8, 4) is 16.9 Å². The minimum atomic E-state index is -0.951. The van der Waals surface area contributed by atoms with E-state index in [1.807, 2.05) is 25.1 Å². The van der Waals surface area contributed by atoms with E-state index in [9.17, 15) is 14.7 Å². The SMILES string of the molecule is CC(NC=O)c1ccc(C(=O)O)cc1.Cc1cc(SN)ccc1-c1cc(O)cc(CN2CCCC2)c1. The Morgan fingerprint density at radius 2 is 1.81 bits per heavy atom. The molecule has 0 bridgehead atoms. The Balaban J connectivity index is 0.000000223. The largest absolute Gasteiger partial charge is 0.508 e. The van der Waals surface area contributed by atoms with Crippen LogP contribution in [-0.2, 0) is 11.3 Å². The first-order valence-electron chi connectivity index (χ1n) is 11.9. The molecule has 1 atom stereocenters. The molecule has 1 amide bonds. The Bertz CT molecular complexity index is 1180. The number of nitrogens with two attached hydrogens (primary N) is 1. The fourth-order valence-electron chi connectivity index (χ4n) is 4.27. The van der Waals surface area contributed by atoms with Gasteiger partial charge in [0.1, 0.15) is 5.75 Å². The number of aromatic carboxylic acids is 1. The van der Waals surface area contributed by atoms with Gasteiger partial charge in [-0.15, -0.1) is 0 Å². The van der Waals surface area contributed by atoms with Crippen LogP contribution >= 0.6 is 11.9 Å². The van der Waals surface area contributed by atoms with Crippen molar-refractivity contribution in [2.45, 2.75) is 44.2 Å². The Labute approximate surface area is 216 Å². The molecule has 4 rings (SSSR count). The number of carboxylic acid groups (broad SMARTS) is 1. The molecule has 3 aromatic rings. The van der Waals surface area contributed by atoms with Crippen molar-refractivity contribution in [3.63, 3.8) is 0 Å². The predicted molar refractivity (Wildman–Crippen MR) is 144 cm³/mol. The van der Waals surface area contributed by atoms with Crippen LogP contribution in [0.4, 0.5) is 0 Å². The minimum Gasteiger partial charge on any atom is -0.508 e. The van der Waals surface area contributed by atoms with E-state index in [1.54, 1.807) is 12.1 Å². The third kappa shape index (κ3) is 7.58. The number of aryl methyl sites for hydroxylation is 1. The molecule has 1 saturated heterocycles. The summed E-state index contributed by atoms with van der Waals surface area (Å²) < 4.78 is 0. The number of carbonyl (C=O) groups is 2. The van der Waals surface area contributed by atoms with E-state index in [-0.39, 0.29) is 11.6 Å². The highest BCUT2D eigenvalue weighted by Crippen LogP contribution is 2.30. The number of rotatable bonds is 8. The molecule has 190 valence electrons. The van der Waals surface area contributed by atoms with Crippen LogP contribution in [0.5, 0.6) is 5.75 Å². The van der Waals surface area contributed by atoms with Crippen molar-refractivity contribution in [2.75, 3.05) is 13.1 Å². The molecule has 0 aromatic heterocycles. The number of phenolic OH excluding ortho intramolecular Hbond substituents is 1. The average molecular weight is 508 g/mol. The van der Waals surface area contributed by atoms with Crippen LogP contribution in [0.2, 0.25) is 0 Å². The van der Waals surface area contributed by atoms with Gasteiger partial charge in [-0.05, 0) is 122 Å². The zero-order valence-corrected chi connectivity index (χ0v) is 21.4. The fraction of sp³-hybridized carbons (Fsp3) is 0.286. The van der Waals surface area contributed by atoms with Gasteiger partial charge in [-0.3, -0.25) is 14.8 Å². The van der Waals surface area contributed by atoms with Gasteiger partial charge >= 0.3 is 5.97 Å². The molecular formula is C28H33N3O4S. The number of carboxylic acids is 1. The molecule has 3 aromatic carbocycles. The number of nitrogens with one attached hydrogen (secondary N) is 1. The summed E-state index contributed by atoms with van der Waals surface area (Å²) in [5.41, 5.74) is 5.69. The first-order valence-corrected chi connectivity index (χ1v) is 12.7. The number of carbonyl (C=O) groups excluding carboxylic acids is 1. The van der Waals surface area contributed by atoms with E-state index in [4.69, 9.17) is 10.2 Å². The lowest BCUT2D eigenvalue weighted by Gasteiger charge is -2.16. The van der Waals surface area contributed by atoms with Crippen molar-refractivity contribution in [3.05, 3.63) is 82.9 Å². The van der Waals surface area contributed by atoms with Gasteiger partial charge in [0.05, 0.1) is 11.6 Å². The standard InChI is InChI=1S/C18H22N2OS.C10H11NO3/c1-13-8-17(22-19)4-5-18(13)15-9-14(10-16(21)11-15)12-20-6-2-3-7-20;1-7(11-6-12)8-2-4-9(5-3-8)10(13)14/h4-5,8-11,21H,2-3,6-7,12,19H2,1H3;2-7H,1H3,(H,11,12)(H,13,14). The Kier molecular flexibility index (Phi) is 9.93. The Morgan fingerprint density at radius 3 is 2.39 bits per heavy atom. The van der Waals surface area contributed by atoms with Crippen molar-refractivity contribution in [2.24, 2.45) is 5.14 Å². The second-order valence-corrected chi connectivity index (χ2v) is 9.61. The van der Waals surface area contributed by atoms with Gasteiger partial charge < -0.3 is 15.5 Å². The maximum Gasteiger partial charge on any atom is 0.335 e. The Hall–Kier alpha value is -3.33. The predicted octanol–water partition coefficient (Wildman–Crippen LogP) is 5.12. The molecule has 8 heteroatoms. The lowest BCUT2D eigenvalue weighted by Crippen LogP contribution is -2.18. The van der Waals surface area contributed by atoms with Gasteiger partial charge in [0.15, 0.2) is 0 Å². The summed E-state index contributed by atoms with van der Waals surface area (Å²) in [6, 6.07) is 18.4. The van der Waals surface area contributed by atoms with Crippen LogP contribution in [0.15, 0.2) is 65.6 Å².